The highest BCUT2D eigenvalue weighted by molar-refractivity contribution is 6.01. The fourth-order valence-corrected chi connectivity index (χ4v) is 3.10. The average Bonchev–Trinajstić information content (AvgIpc) is 2.49. The predicted molar refractivity (Wildman–Crippen MR) is 77.4 cm³/mol. The minimum atomic E-state index is -0.660. The molecule has 2 atom stereocenters. The van der Waals surface area contributed by atoms with Crippen LogP contribution in [0, 0.1) is 11.8 Å². The second-order valence-electron chi connectivity index (χ2n) is 5.67. The molecule has 0 aromatic heterocycles. The van der Waals surface area contributed by atoms with Crippen molar-refractivity contribution in [3.05, 3.63) is 0 Å². The molecule has 0 heterocycles. The first-order valence-corrected chi connectivity index (χ1v) is 7.80. The Bertz CT molecular complexity index is 308. The molecule has 2 unspecified atom stereocenters. The molecule has 0 aromatic carbocycles. The van der Waals surface area contributed by atoms with Gasteiger partial charge in [-0.2, -0.15) is 0 Å². The molecule has 0 saturated heterocycles. The molecule has 4 nitrogen and oxygen atoms in total. The van der Waals surface area contributed by atoms with E-state index in [2.05, 4.69) is 0 Å². The fourth-order valence-electron chi connectivity index (χ4n) is 3.10. The normalized spacial score (nSPS) is 19.4. The van der Waals surface area contributed by atoms with Crippen LogP contribution >= 0.6 is 0 Å². The van der Waals surface area contributed by atoms with E-state index in [-0.39, 0.29) is 11.7 Å². The summed E-state index contributed by atoms with van der Waals surface area (Å²) in [5.74, 6) is -0.900. The van der Waals surface area contributed by atoms with Gasteiger partial charge in [-0.15, -0.1) is 0 Å². The van der Waals surface area contributed by atoms with Gasteiger partial charge in [0.2, 0.25) is 0 Å². The zero-order valence-corrected chi connectivity index (χ0v) is 13.0. The number of Topliss-reactive ketones (excluding diaryl/α,β-unsaturated/α-hetero) is 1. The van der Waals surface area contributed by atoms with Gasteiger partial charge in [-0.1, -0.05) is 39.0 Å². The lowest BCUT2D eigenvalue weighted by Crippen LogP contribution is -2.40. The second kappa shape index (κ2) is 9.11. The number of ketones is 1. The number of methoxy groups -OCH3 is 2. The fraction of sp³-hybridized carbons (Fsp3) is 0.875. The summed E-state index contributed by atoms with van der Waals surface area (Å²) in [5, 5.41) is 0. The number of rotatable bonds is 8. The van der Waals surface area contributed by atoms with E-state index in [9.17, 15) is 9.59 Å². The Morgan fingerprint density at radius 2 is 1.80 bits per heavy atom. The molecular formula is C16H28O4. The molecule has 0 aromatic rings. The lowest BCUT2D eigenvalue weighted by atomic mass is 9.80. The third kappa shape index (κ3) is 4.58. The van der Waals surface area contributed by atoms with Crippen molar-refractivity contribution in [2.45, 2.75) is 64.4 Å². The maximum absolute atomic E-state index is 12.7. The van der Waals surface area contributed by atoms with E-state index in [0.717, 1.165) is 38.5 Å². The number of carbonyl (C=O) groups excluding carboxylic acids is 2. The van der Waals surface area contributed by atoms with Gasteiger partial charge >= 0.3 is 5.97 Å². The summed E-state index contributed by atoms with van der Waals surface area (Å²) in [6.45, 7) is 2.05. The molecule has 1 aliphatic rings. The highest BCUT2D eigenvalue weighted by Crippen LogP contribution is 2.30. The van der Waals surface area contributed by atoms with Crippen LogP contribution in [0.4, 0.5) is 0 Å². The number of ether oxygens (including phenoxy) is 2. The quantitative estimate of drug-likeness (QED) is 0.507. The molecule has 0 radical (unpaired) electrons. The van der Waals surface area contributed by atoms with E-state index in [1.165, 1.54) is 13.5 Å². The van der Waals surface area contributed by atoms with E-state index in [1.54, 1.807) is 7.11 Å². The van der Waals surface area contributed by atoms with Gasteiger partial charge in [-0.05, 0) is 25.2 Å². The van der Waals surface area contributed by atoms with E-state index < -0.39 is 18.0 Å². The van der Waals surface area contributed by atoms with E-state index in [1.807, 2.05) is 6.92 Å². The summed E-state index contributed by atoms with van der Waals surface area (Å²) in [5.41, 5.74) is 0. The lowest BCUT2D eigenvalue weighted by molar-refractivity contribution is -0.154. The van der Waals surface area contributed by atoms with Crippen molar-refractivity contribution in [2.75, 3.05) is 14.2 Å². The third-order valence-corrected chi connectivity index (χ3v) is 4.29. The lowest BCUT2D eigenvalue weighted by Gasteiger charge is -2.30. The van der Waals surface area contributed by atoms with Crippen molar-refractivity contribution in [1.82, 2.24) is 0 Å². The smallest absolute Gasteiger partial charge is 0.316 e. The minimum absolute atomic E-state index is 0.0836. The highest BCUT2D eigenvalue weighted by atomic mass is 16.5. The summed E-state index contributed by atoms with van der Waals surface area (Å²) in [7, 11) is 2.92. The molecule has 4 heteroatoms. The van der Waals surface area contributed by atoms with Crippen LogP contribution in [-0.4, -0.2) is 32.1 Å². The summed E-state index contributed by atoms with van der Waals surface area (Å²) in [4.78, 5) is 24.5. The van der Waals surface area contributed by atoms with Crippen molar-refractivity contribution >= 4 is 11.8 Å². The van der Waals surface area contributed by atoms with Crippen LogP contribution in [0.5, 0.6) is 0 Å². The predicted octanol–water partition coefficient (Wildman–Crippen LogP) is 3.13. The van der Waals surface area contributed by atoms with Gasteiger partial charge in [0.25, 0.3) is 0 Å². The summed E-state index contributed by atoms with van der Waals surface area (Å²) >= 11 is 0. The van der Waals surface area contributed by atoms with Crippen LogP contribution in [0.25, 0.3) is 0 Å². The van der Waals surface area contributed by atoms with Gasteiger partial charge in [0.15, 0.2) is 5.78 Å². The van der Waals surface area contributed by atoms with Crippen molar-refractivity contribution in [2.24, 2.45) is 11.8 Å². The second-order valence-corrected chi connectivity index (χ2v) is 5.67. The van der Waals surface area contributed by atoms with Gasteiger partial charge < -0.3 is 9.47 Å². The Morgan fingerprint density at radius 1 is 1.15 bits per heavy atom. The molecular weight excluding hydrogens is 256 g/mol. The third-order valence-electron chi connectivity index (χ3n) is 4.29. The largest absolute Gasteiger partial charge is 0.468 e. The van der Waals surface area contributed by atoms with Gasteiger partial charge in [-0.25, -0.2) is 0 Å². The Labute approximate surface area is 122 Å². The maximum Gasteiger partial charge on any atom is 0.316 e. The van der Waals surface area contributed by atoms with Crippen LogP contribution in [0.2, 0.25) is 0 Å². The summed E-state index contributed by atoms with van der Waals surface area (Å²) in [6.07, 6.45) is 7.50. The zero-order chi connectivity index (χ0) is 15.0. The Kier molecular flexibility index (Phi) is 7.82. The van der Waals surface area contributed by atoms with Crippen LogP contribution in [0.3, 0.4) is 0 Å². The number of unbranched alkanes of at least 4 members (excludes halogenated alkanes) is 1. The van der Waals surface area contributed by atoms with Crippen molar-refractivity contribution in [3.63, 3.8) is 0 Å². The SMILES string of the molecule is CCCCC(C(=O)OC)C(=O)C(OC)C1CCCCC1. The number of hydrogen-bond acceptors (Lipinski definition) is 4. The molecule has 0 N–H and O–H groups in total. The molecule has 116 valence electrons. The first-order chi connectivity index (χ1) is 9.65. The molecule has 1 saturated carbocycles. The van der Waals surface area contributed by atoms with Crippen LogP contribution in [0.1, 0.15) is 58.3 Å². The topological polar surface area (TPSA) is 52.6 Å². The maximum atomic E-state index is 12.7. The Morgan fingerprint density at radius 3 is 2.30 bits per heavy atom. The number of hydrogen-bond donors (Lipinski definition) is 0. The molecule has 1 fully saturated rings. The van der Waals surface area contributed by atoms with Gasteiger partial charge in [-0.3, -0.25) is 9.59 Å². The molecule has 20 heavy (non-hydrogen) atoms. The molecule has 1 rings (SSSR count). The standard InChI is InChI=1S/C16H28O4/c1-4-5-11-13(16(18)20-3)14(17)15(19-2)12-9-7-6-8-10-12/h12-13,15H,4-11H2,1-3H3. The highest BCUT2D eigenvalue weighted by Gasteiger charge is 2.37. The first kappa shape index (κ1) is 17.2. The summed E-state index contributed by atoms with van der Waals surface area (Å²) in [6, 6.07) is 0. The molecule has 0 amide bonds. The van der Waals surface area contributed by atoms with Gasteiger partial charge in [0.05, 0.1) is 7.11 Å². The summed E-state index contributed by atoms with van der Waals surface area (Å²) < 4.78 is 10.2. The van der Waals surface area contributed by atoms with Crippen LogP contribution in [0.15, 0.2) is 0 Å². The van der Waals surface area contributed by atoms with Crippen LogP contribution in [-0.2, 0) is 19.1 Å². The van der Waals surface area contributed by atoms with Crippen molar-refractivity contribution in [3.8, 4) is 0 Å². The molecule has 1 aliphatic carbocycles. The molecule has 0 bridgehead atoms. The average molecular weight is 284 g/mol. The Hall–Kier alpha value is -0.900. The van der Waals surface area contributed by atoms with Crippen molar-refractivity contribution in [1.29, 1.82) is 0 Å². The van der Waals surface area contributed by atoms with E-state index in [4.69, 9.17) is 9.47 Å². The number of esters is 1. The van der Waals surface area contributed by atoms with E-state index >= 15 is 0 Å². The molecule has 0 spiro atoms. The van der Waals surface area contributed by atoms with Gasteiger partial charge in [0.1, 0.15) is 12.0 Å². The zero-order valence-electron chi connectivity index (χ0n) is 13.0. The van der Waals surface area contributed by atoms with E-state index in [0.29, 0.717) is 6.42 Å². The number of carbonyl (C=O) groups is 2. The monoisotopic (exact) mass is 284 g/mol. The van der Waals surface area contributed by atoms with Crippen molar-refractivity contribution < 1.29 is 19.1 Å². The first-order valence-electron chi connectivity index (χ1n) is 7.80. The van der Waals surface area contributed by atoms with Crippen LogP contribution < -0.4 is 0 Å². The van der Waals surface area contributed by atoms with Gasteiger partial charge in [0, 0.05) is 7.11 Å². The molecule has 0 aliphatic heterocycles. The Balaban J connectivity index is 2.75. The minimum Gasteiger partial charge on any atom is -0.468 e.